The lowest BCUT2D eigenvalue weighted by Crippen LogP contribution is -2.42. The largest absolute Gasteiger partial charge is 0.378 e. The van der Waals surface area contributed by atoms with Crippen LogP contribution in [0.3, 0.4) is 0 Å². The molecule has 0 bridgehead atoms. The summed E-state index contributed by atoms with van der Waals surface area (Å²) in [5.41, 5.74) is 1.28. The Morgan fingerprint density at radius 1 is 1.50 bits per heavy atom. The highest BCUT2D eigenvalue weighted by Crippen LogP contribution is 2.29. The summed E-state index contributed by atoms with van der Waals surface area (Å²) in [6.07, 6.45) is 2.31. The Labute approximate surface area is 88.9 Å². The molecule has 0 aromatic rings. The van der Waals surface area contributed by atoms with E-state index in [1.165, 1.54) is 6.42 Å². The summed E-state index contributed by atoms with van der Waals surface area (Å²) >= 11 is 0. The summed E-state index contributed by atoms with van der Waals surface area (Å²) in [7, 11) is 2.07. The molecule has 0 spiro atoms. The lowest BCUT2D eigenvalue weighted by atomic mass is 9.93. The molecular weight excluding hydrogens is 174 g/mol. The summed E-state index contributed by atoms with van der Waals surface area (Å²) in [6.45, 7) is 14.1. The van der Waals surface area contributed by atoms with E-state index in [9.17, 15) is 0 Å². The van der Waals surface area contributed by atoms with Gasteiger partial charge in [0.05, 0.1) is 12.2 Å². The zero-order chi connectivity index (χ0) is 11.2. The summed E-state index contributed by atoms with van der Waals surface area (Å²) in [6, 6.07) is 0. The lowest BCUT2D eigenvalue weighted by Gasteiger charge is -2.40. The molecule has 2 nitrogen and oxygen atoms in total. The van der Waals surface area contributed by atoms with Crippen molar-refractivity contribution in [1.29, 1.82) is 0 Å². The van der Waals surface area contributed by atoms with E-state index in [2.05, 4.69) is 25.5 Å². The maximum Gasteiger partial charge on any atom is 0.0693 e. The summed E-state index contributed by atoms with van der Waals surface area (Å²) in [4.78, 5) is 2.17. The molecule has 0 aliphatic carbocycles. The molecule has 0 aromatic heterocycles. The van der Waals surface area contributed by atoms with E-state index in [1.54, 1.807) is 0 Å². The normalized spacial score (nSPS) is 24.4. The molecule has 1 saturated heterocycles. The van der Waals surface area contributed by atoms with Crippen molar-refractivity contribution in [3.8, 4) is 0 Å². The van der Waals surface area contributed by atoms with Crippen LogP contribution in [0.2, 0.25) is 0 Å². The van der Waals surface area contributed by atoms with Crippen molar-refractivity contribution < 1.29 is 4.74 Å². The van der Waals surface area contributed by atoms with Crippen LogP contribution in [-0.2, 0) is 4.74 Å². The molecule has 0 N–H and O–H groups in total. The molecule has 1 aliphatic rings. The first-order valence-corrected chi connectivity index (χ1v) is 5.54. The summed E-state index contributed by atoms with van der Waals surface area (Å²) in [5, 5.41) is 0. The van der Waals surface area contributed by atoms with E-state index < -0.39 is 0 Å². The van der Waals surface area contributed by atoms with Crippen LogP contribution >= 0.6 is 0 Å². The molecule has 0 radical (unpaired) electrons. The van der Waals surface area contributed by atoms with Gasteiger partial charge in [-0.1, -0.05) is 20.4 Å². The second-order valence-corrected chi connectivity index (χ2v) is 3.96. The van der Waals surface area contributed by atoms with E-state index in [1.807, 2.05) is 20.8 Å². The van der Waals surface area contributed by atoms with Crippen molar-refractivity contribution in [3.05, 3.63) is 12.3 Å². The molecular formula is C12H25NO. The fourth-order valence-corrected chi connectivity index (χ4v) is 1.24. The number of rotatable bonds is 4. The molecule has 1 fully saturated rings. The molecule has 84 valence electrons. The third kappa shape index (κ3) is 4.14. The van der Waals surface area contributed by atoms with Crippen molar-refractivity contribution in [2.75, 3.05) is 20.2 Å². The Kier molecular flexibility index (Phi) is 5.86. The molecule has 0 amide bonds. The van der Waals surface area contributed by atoms with Crippen LogP contribution in [0.15, 0.2) is 12.3 Å². The second-order valence-electron chi connectivity index (χ2n) is 3.96. The van der Waals surface area contributed by atoms with E-state index in [4.69, 9.17) is 4.74 Å². The zero-order valence-electron chi connectivity index (χ0n) is 10.4. The van der Waals surface area contributed by atoms with Crippen molar-refractivity contribution in [2.24, 2.45) is 0 Å². The van der Waals surface area contributed by atoms with Gasteiger partial charge in [0.2, 0.25) is 0 Å². The molecule has 0 saturated carbocycles. The average molecular weight is 199 g/mol. The van der Waals surface area contributed by atoms with Gasteiger partial charge in [0.25, 0.3) is 0 Å². The first kappa shape index (κ1) is 13.5. The average Bonchev–Trinajstić information content (AvgIpc) is 2.14. The van der Waals surface area contributed by atoms with Gasteiger partial charge >= 0.3 is 0 Å². The number of hydrogen-bond acceptors (Lipinski definition) is 2. The Morgan fingerprint density at radius 2 is 2.00 bits per heavy atom. The number of ether oxygens (including phenoxy) is 1. The molecule has 14 heavy (non-hydrogen) atoms. The van der Waals surface area contributed by atoms with Crippen LogP contribution in [0.1, 0.15) is 40.5 Å². The van der Waals surface area contributed by atoms with E-state index >= 15 is 0 Å². The molecule has 1 unspecified atom stereocenters. The van der Waals surface area contributed by atoms with E-state index in [0.717, 1.165) is 25.3 Å². The van der Waals surface area contributed by atoms with Crippen molar-refractivity contribution in [1.82, 2.24) is 4.90 Å². The van der Waals surface area contributed by atoms with Crippen LogP contribution in [-0.4, -0.2) is 30.7 Å². The highest BCUT2D eigenvalue weighted by atomic mass is 16.5. The molecule has 0 aromatic carbocycles. The van der Waals surface area contributed by atoms with Gasteiger partial charge in [-0.15, -0.1) is 0 Å². The fourth-order valence-electron chi connectivity index (χ4n) is 1.24. The van der Waals surface area contributed by atoms with Gasteiger partial charge < -0.3 is 9.64 Å². The quantitative estimate of drug-likeness (QED) is 0.690. The van der Waals surface area contributed by atoms with Crippen LogP contribution in [0.5, 0.6) is 0 Å². The van der Waals surface area contributed by atoms with Crippen molar-refractivity contribution >= 4 is 0 Å². The monoisotopic (exact) mass is 199 g/mol. The maximum atomic E-state index is 5.49. The highest BCUT2D eigenvalue weighted by molar-refractivity contribution is 4.89. The molecule has 1 rings (SSSR count). The minimum Gasteiger partial charge on any atom is -0.378 e. The Balaban J connectivity index is 0.000000791. The number of allylic oxidation sites excluding steroid dienone is 1. The third-order valence-corrected chi connectivity index (χ3v) is 2.71. The first-order chi connectivity index (χ1) is 6.53. The lowest BCUT2D eigenvalue weighted by molar-refractivity contribution is -0.139. The predicted octanol–water partition coefficient (Wildman–Crippen LogP) is 3.05. The van der Waals surface area contributed by atoms with E-state index in [-0.39, 0.29) is 5.60 Å². The van der Waals surface area contributed by atoms with Crippen molar-refractivity contribution in [2.45, 2.75) is 46.1 Å². The smallest absolute Gasteiger partial charge is 0.0693 e. The standard InChI is InChI=1S/C10H19NO.C2H6/c1-9(2)11(4)7-5-10(3)6-8-12-10;1-2/h1,5-8H2,2-4H3;1-2H3. The summed E-state index contributed by atoms with van der Waals surface area (Å²) in [5.74, 6) is 0. The number of hydrogen-bond donors (Lipinski definition) is 0. The Morgan fingerprint density at radius 3 is 2.29 bits per heavy atom. The van der Waals surface area contributed by atoms with Gasteiger partial charge in [-0.05, 0) is 26.7 Å². The molecule has 1 aliphatic heterocycles. The molecule has 2 heteroatoms. The Bertz CT molecular complexity index is 173. The topological polar surface area (TPSA) is 12.5 Å². The summed E-state index contributed by atoms with van der Waals surface area (Å²) < 4.78 is 5.49. The second kappa shape index (κ2) is 6.07. The van der Waals surface area contributed by atoms with Gasteiger partial charge in [0, 0.05) is 19.3 Å². The zero-order valence-corrected chi connectivity index (χ0v) is 10.4. The van der Waals surface area contributed by atoms with Crippen LogP contribution in [0.25, 0.3) is 0 Å². The first-order valence-electron chi connectivity index (χ1n) is 5.54. The Hall–Kier alpha value is -0.500. The predicted molar refractivity (Wildman–Crippen MR) is 62.4 cm³/mol. The van der Waals surface area contributed by atoms with Crippen LogP contribution < -0.4 is 0 Å². The van der Waals surface area contributed by atoms with Gasteiger partial charge in [0.15, 0.2) is 0 Å². The van der Waals surface area contributed by atoms with Gasteiger partial charge in [-0.3, -0.25) is 0 Å². The third-order valence-electron chi connectivity index (χ3n) is 2.71. The van der Waals surface area contributed by atoms with Gasteiger partial charge in [-0.25, -0.2) is 0 Å². The van der Waals surface area contributed by atoms with Crippen LogP contribution in [0, 0.1) is 0 Å². The minimum absolute atomic E-state index is 0.156. The maximum absolute atomic E-state index is 5.49. The molecule has 1 atom stereocenters. The highest BCUT2D eigenvalue weighted by Gasteiger charge is 2.32. The number of nitrogens with zero attached hydrogens (tertiary/aromatic N) is 1. The minimum atomic E-state index is 0.156. The van der Waals surface area contributed by atoms with Crippen LogP contribution in [0.4, 0.5) is 0 Å². The van der Waals surface area contributed by atoms with E-state index in [0.29, 0.717) is 0 Å². The van der Waals surface area contributed by atoms with Crippen molar-refractivity contribution in [3.63, 3.8) is 0 Å². The fraction of sp³-hybridized carbons (Fsp3) is 0.833. The SMILES string of the molecule is C=C(C)N(C)CCC1(C)CCO1.CC. The van der Waals surface area contributed by atoms with Gasteiger partial charge in [0.1, 0.15) is 0 Å². The van der Waals surface area contributed by atoms with Gasteiger partial charge in [-0.2, -0.15) is 0 Å². The molecule has 1 heterocycles.